The number of carbonyl (C=O) groups is 2. The van der Waals surface area contributed by atoms with Crippen molar-refractivity contribution in [3.63, 3.8) is 0 Å². The molecule has 0 rings (SSSR count). The number of carbonyl (C=O) groups excluding carboxylic acids is 2. The van der Waals surface area contributed by atoms with Crippen LogP contribution in [0.1, 0.15) is 27.2 Å². The van der Waals surface area contributed by atoms with Crippen LogP contribution in [0.25, 0.3) is 0 Å². The molecular formula is C10H15IO4. The molecule has 0 aliphatic heterocycles. The predicted molar refractivity (Wildman–Crippen MR) is 64.6 cm³/mol. The molecular weight excluding hydrogens is 311 g/mol. The van der Waals surface area contributed by atoms with Crippen molar-refractivity contribution in [2.24, 2.45) is 0 Å². The molecule has 5 heteroatoms. The van der Waals surface area contributed by atoms with Crippen molar-refractivity contribution in [1.82, 2.24) is 0 Å². The Kier molecular flexibility index (Phi) is 7.37. The van der Waals surface area contributed by atoms with Crippen molar-refractivity contribution in [1.29, 1.82) is 0 Å². The van der Waals surface area contributed by atoms with E-state index in [1.165, 1.54) is 0 Å². The van der Waals surface area contributed by atoms with Gasteiger partial charge in [-0.1, -0.05) is 6.92 Å². The van der Waals surface area contributed by atoms with E-state index in [9.17, 15) is 9.59 Å². The SMILES string of the molecule is CCOC(=O)C(C(=O)OCC)=C(I)CC. The molecule has 0 fully saturated rings. The number of hydrogen-bond acceptors (Lipinski definition) is 4. The van der Waals surface area contributed by atoms with E-state index in [2.05, 4.69) is 0 Å². The van der Waals surface area contributed by atoms with Gasteiger partial charge < -0.3 is 9.47 Å². The monoisotopic (exact) mass is 326 g/mol. The molecule has 0 bridgehead atoms. The number of ether oxygens (including phenoxy) is 2. The van der Waals surface area contributed by atoms with E-state index in [0.29, 0.717) is 10.0 Å². The number of halogens is 1. The summed E-state index contributed by atoms with van der Waals surface area (Å²) >= 11 is 1.96. The van der Waals surface area contributed by atoms with Crippen LogP contribution in [0, 0.1) is 0 Å². The second-order valence-corrected chi connectivity index (χ2v) is 3.88. The summed E-state index contributed by atoms with van der Waals surface area (Å²) in [6.45, 7) is 5.74. The quantitative estimate of drug-likeness (QED) is 0.256. The lowest BCUT2D eigenvalue weighted by atomic mass is 10.2. The second kappa shape index (κ2) is 7.67. The van der Waals surface area contributed by atoms with Gasteiger partial charge in [0.25, 0.3) is 0 Å². The molecule has 0 heterocycles. The van der Waals surface area contributed by atoms with E-state index in [1.54, 1.807) is 13.8 Å². The summed E-state index contributed by atoms with van der Waals surface area (Å²) in [6, 6.07) is 0. The van der Waals surface area contributed by atoms with Crippen LogP contribution >= 0.6 is 22.6 Å². The normalized spacial score (nSPS) is 9.33. The molecule has 0 N–H and O–H groups in total. The van der Waals surface area contributed by atoms with Gasteiger partial charge in [-0.15, -0.1) is 0 Å². The molecule has 0 amide bonds. The molecule has 0 spiro atoms. The first-order chi connectivity index (χ1) is 7.08. The summed E-state index contributed by atoms with van der Waals surface area (Å²) in [7, 11) is 0. The molecule has 0 aromatic carbocycles. The lowest BCUT2D eigenvalue weighted by Gasteiger charge is -2.08. The van der Waals surface area contributed by atoms with Crippen molar-refractivity contribution in [3.05, 3.63) is 9.15 Å². The molecule has 0 aliphatic carbocycles. The Bertz CT molecular complexity index is 251. The van der Waals surface area contributed by atoms with Crippen LogP contribution < -0.4 is 0 Å². The number of hydrogen-bond donors (Lipinski definition) is 0. The number of esters is 2. The first-order valence-corrected chi connectivity index (χ1v) is 5.89. The maximum atomic E-state index is 11.5. The van der Waals surface area contributed by atoms with Crippen molar-refractivity contribution < 1.29 is 19.1 Å². The summed E-state index contributed by atoms with van der Waals surface area (Å²) in [4.78, 5) is 22.9. The number of rotatable bonds is 5. The largest absolute Gasteiger partial charge is 0.462 e. The Labute approximate surface area is 103 Å². The summed E-state index contributed by atoms with van der Waals surface area (Å²) < 4.78 is 10.2. The lowest BCUT2D eigenvalue weighted by Crippen LogP contribution is -2.19. The first kappa shape index (κ1) is 14.4. The van der Waals surface area contributed by atoms with Crippen LogP contribution in [0.15, 0.2) is 9.15 Å². The van der Waals surface area contributed by atoms with Crippen LogP contribution in [0.4, 0.5) is 0 Å². The minimum Gasteiger partial charge on any atom is -0.462 e. The molecule has 0 atom stereocenters. The Morgan fingerprint density at radius 3 is 1.67 bits per heavy atom. The molecule has 4 nitrogen and oxygen atoms in total. The van der Waals surface area contributed by atoms with Gasteiger partial charge in [0.2, 0.25) is 0 Å². The van der Waals surface area contributed by atoms with Gasteiger partial charge in [0.15, 0.2) is 5.57 Å². The fraction of sp³-hybridized carbons (Fsp3) is 0.600. The third-order valence-electron chi connectivity index (χ3n) is 1.54. The summed E-state index contributed by atoms with van der Waals surface area (Å²) in [5, 5.41) is 0. The number of allylic oxidation sites excluding steroid dienone is 1. The molecule has 0 saturated carbocycles. The van der Waals surface area contributed by atoms with Gasteiger partial charge in [0, 0.05) is 3.58 Å². The summed E-state index contributed by atoms with van der Waals surface area (Å²) in [6.07, 6.45) is 0.605. The molecule has 0 aliphatic rings. The predicted octanol–water partition coefficient (Wildman–Crippen LogP) is 2.21. The van der Waals surface area contributed by atoms with Crippen molar-refractivity contribution in [2.45, 2.75) is 27.2 Å². The smallest absolute Gasteiger partial charge is 0.346 e. The second-order valence-electron chi connectivity index (χ2n) is 2.57. The van der Waals surface area contributed by atoms with Gasteiger partial charge in [-0.25, -0.2) is 9.59 Å². The highest BCUT2D eigenvalue weighted by Gasteiger charge is 2.23. The molecule has 0 aromatic rings. The van der Waals surface area contributed by atoms with E-state index in [-0.39, 0.29) is 18.8 Å². The van der Waals surface area contributed by atoms with Crippen molar-refractivity contribution in [2.75, 3.05) is 13.2 Å². The molecule has 0 radical (unpaired) electrons. The van der Waals surface area contributed by atoms with E-state index in [0.717, 1.165) is 0 Å². The molecule has 0 unspecified atom stereocenters. The highest BCUT2D eigenvalue weighted by molar-refractivity contribution is 14.1. The van der Waals surface area contributed by atoms with Gasteiger partial charge in [0.1, 0.15) is 0 Å². The third kappa shape index (κ3) is 4.63. The minimum absolute atomic E-state index is 0.0156. The van der Waals surface area contributed by atoms with Crippen LogP contribution in [0.3, 0.4) is 0 Å². The van der Waals surface area contributed by atoms with Crippen LogP contribution in [0.5, 0.6) is 0 Å². The Morgan fingerprint density at radius 2 is 1.40 bits per heavy atom. The molecule has 0 saturated heterocycles. The molecule has 15 heavy (non-hydrogen) atoms. The Morgan fingerprint density at radius 1 is 1.00 bits per heavy atom. The van der Waals surface area contributed by atoms with E-state index < -0.39 is 11.9 Å². The van der Waals surface area contributed by atoms with Crippen LogP contribution in [-0.4, -0.2) is 25.2 Å². The Balaban J connectivity index is 4.90. The van der Waals surface area contributed by atoms with Gasteiger partial charge in [-0.05, 0) is 42.9 Å². The summed E-state index contributed by atoms with van der Waals surface area (Å²) in [5.74, 6) is -1.22. The maximum absolute atomic E-state index is 11.5. The average Bonchev–Trinajstić information content (AvgIpc) is 2.18. The third-order valence-corrected chi connectivity index (χ3v) is 2.84. The van der Waals surface area contributed by atoms with Gasteiger partial charge >= 0.3 is 11.9 Å². The molecule has 0 aromatic heterocycles. The van der Waals surface area contributed by atoms with Crippen molar-refractivity contribution >= 4 is 34.5 Å². The molecule has 86 valence electrons. The van der Waals surface area contributed by atoms with Crippen LogP contribution in [0.2, 0.25) is 0 Å². The zero-order chi connectivity index (χ0) is 11.8. The fourth-order valence-corrected chi connectivity index (χ4v) is 1.33. The first-order valence-electron chi connectivity index (χ1n) is 4.81. The summed E-state index contributed by atoms with van der Waals surface area (Å²) in [5.41, 5.74) is 0.0156. The van der Waals surface area contributed by atoms with Gasteiger partial charge in [-0.3, -0.25) is 0 Å². The van der Waals surface area contributed by atoms with E-state index >= 15 is 0 Å². The fourth-order valence-electron chi connectivity index (χ4n) is 0.888. The highest BCUT2D eigenvalue weighted by Crippen LogP contribution is 2.19. The van der Waals surface area contributed by atoms with Gasteiger partial charge in [-0.2, -0.15) is 0 Å². The Hall–Kier alpha value is -0.590. The van der Waals surface area contributed by atoms with Crippen molar-refractivity contribution in [3.8, 4) is 0 Å². The maximum Gasteiger partial charge on any atom is 0.346 e. The van der Waals surface area contributed by atoms with E-state index in [1.807, 2.05) is 29.5 Å². The lowest BCUT2D eigenvalue weighted by molar-refractivity contribution is -0.146. The zero-order valence-corrected chi connectivity index (χ0v) is 11.3. The van der Waals surface area contributed by atoms with Crippen LogP contribution in [-0.2, 0) is 19.1 Å². The zero-order valence-electron chi connectivity index (χ0n) is 9.13. The average molecular weight is 326 g/mol. The highest BCUT2D eigenvalue weighted by atomic mass is 127. The van der Waals surface area contributed by atoms with Gasteiger partial charge in [0.05, 0.1) is 13.2 Å². The topological polar surface area (TPSA) is 52.6 Å². The van der Waals surface area contributed by atoms with E-state index in [4.69, 9.17) is 9.47 Å². The standard InChI is InChI=1S/C10H15IO4/c1-4-7(11)8(9(12)14-5-2)10(13)15-6-3/h4-6H2,1-3H3. The minimum atomic E-state index is -0.609.